The van der Waals surface area contributed by atoms with Crippen molar-refractivity contribution in [3.8, 4) is 11.1 Å². The van der Waals surface area contributed by atoms with Crippen LogP contribution in [0.15, 0.2) is 84.3 Å². The number of sulfonamides is 1. The lowest BCUT2D eigenvalue weighted by Crippen LogP contribution is -2.34. The molecule has 1 heterocycles. The Balaban J connectivity index is 1.75. The minimum atomic E-state index is -3.75. The maximum atomic E-state index is 13.1. The fraction of sp³-hybridized carbons (Fsp3) is 0.120. The van der Waals surface area contributed by atoms with Crippen LogP contribution in [-0.2, 0) is 14.8 Å². The number of nitrogens with one attached hydrogen (secondary N) is 1. The maximum Gasteiger partial charge on any atom is 0.340 e. The van der Waals surface area contributed by atoms with Gasteiger partial charge in [0.15, 0.2) is 0 Å². The average molecular weight is 463 g/mol. The van der Waals surface area contributed by atoms with Gasteiger partial charge in [-0.15, -0.1) is 6.58 Å². The molecule has 3 aromatic rings. The van der Waals surface area contributed by atoms with E-state index in [0.29, 0.717) is 28.1 Å². The molecule has 1 N–H and O–H groups in total. The van der Waals surface area contributed by atoms with E-state index in [2.05, 4.69) is 11.9 Å². The summed E-state index contributed by atoms with van der Waals surface area (Å²) >= 11 is 0. The van der Waals surface area contributed by atoms with Crippen LogP contribution in [0.1, 0.15) is 27.6 Å². The second-order valence-electron chi connectivity index (χ2n) is 7.27. The van der Waals surface area contributed by atoms with Gasteiger partial charge in [0.2, 0.25) is 0 Å². The Bertz CT molecular complexity index is 1360. The van der Waals surface area contributed by atoms with Gasteiger partial charge in [-0.1, -0.05) is 36.4 Å². The van der Waals surface area contributed by atoms with Gasteiger partial charge in [0.25, 0.3) is 15.9 Å². The van der Waals surface area contributed by atoms with Crippen LogP contribution in [0.5, 0.6) is 0 Å². The number of fused-ring (bicyclic) bond motifs is 3. The van der Waals surface area contributed by atoms with Crippen LogP contribution in [0, 0.1) is 0 Å². The molecule has 1 aliphatic heterocycles. The highest BCUT2D eigenvalue weighted by Crippen LogP contribution is 2.43. The van der Waals surface area contributed by atoms with E-state index in [9.17, 15) is 18.0 Å². The number of ether oxygens (including phenoxy) is 1. The van der Waals surface area contributed by atoms with Gasteiger partial charge >= 0.3 is 5.97 Å². The van der Waals surface area contributed by atoms with Gasteiger partial charge in [-0.25, -0.2) is 13.2 Å². The van der Waals surface area contributed by atoms with Crippen molar-refractivity contribution in [1.29, 1.82) is 0 Å². The molecule has 0 unspecified atom stereocenters. The third-order valence-corrected chi connectivity index (χ3v) is 7.08. The molecule has 0 spiro atoms. The molecule has 0 saturated carbocycles. The second-order valence-corrected chi connectivity index (χ2v) is 9.10. The molecule has 0 radical (unpaired) electrons. The lowest BCUT2D eigenvalue weighted by molar-refractivity contribution is 0.0527. The fourth-order valence-electron chi connectivity index (χ4n) is 3.76. The highest BCUT2D eigenvalue weighted by atomic mass is 32.2. The Morgan fingerprint density at radius 2 is 1.76 bits per heavy atom. The van der Waals surface area contributed by atoms with Crippen molar-refractivity contribution in [2.75, 3.05) is 22.8 Å². The molecular weight excluding hydrogens is 440 g/mol. The zero-order chi connectivity index (χ0) is 23.6. The number of carbonyl (C=O) groups is 2. The summed E-state index contributed by atoms with van der Waals surface area (Å²) in [7, 11) is -3.75. The van der Waals surface area contributed by atoms with Crippen molar-refractivity contribution in [3.63, 3.8) is 0 Å². The van der Waals surface area contributed by atoms with Gasteiger partial charge in [-0.2, -0.15) is 0 Å². The molecule has 33 heavy (non-hydrogen) atoms. The predicted octanol–water partition coefficient (Wildman–Crippen LogP) is 4.48. The van der Waals surface area contributed by atoms with Crippen molar-refractivity contribution < 1.29 is 22.7 Å². The molecule has 1 amide bonds. The summed E-state index contributed by atoms with van der Waals surface area (Å²) in [4.78, 5) is 25.5. The molecule has 0 fully saturated rings. The molecule has 0 saturated heterocycles. The number of anilines is 2. The van der Waals surface area contributed by atoms with Crippen LogP contribution in [0.2, 0.25) is 0 Å². The average Bonchev–Trinajstić information content (AvgIpc) is 2.82. The van der Waals surface area contributed by atoms with Gasteiger partial charge in [0.1, 0.15) is 0 Å². The first-order valence-corrected chi connectivity index (χ1v) is 11.8. The summed E-state index contributed by atoms with van der Waals surface area (Å²) in [5.41, 5.74) is 2.51. The fourth-order valence-corrected chi connectivity index (χ4v) is 5.42. The third kappa shape index (κ3) is 4.01. The van der Waals surface area contributed by atoms with Gasteiger partial charge in [-0.05, 0) is 43.3 Å². The first kappa shape index (κ1) is 22.3. The SMILES string of the molecule is C=CCN1c2ccc(C(=O)Nc3ccccc3C(=O)OCC)cc2-c2ccccc2S1(=O)=O. The topological polar surface area (TPSA) is 92.8 Å². The molecule has 0 atom stereocenters. The number of carbonyl (C=O) groups excluding carboxylic acids is 2. The lowest BCUT2D eigenvalue weighted by atomic mass is 9.99. The molecule has 8 heteroatoms. The van der Waals surface area contributed by atoms with Gasteiger partial charge in [0, 0.05) is 16.7 Å². The summed E-state index contributed by atoms with van der Waals surface area (Å²) in [6.45, 7) is 5.69. The maximum absolute atomic E-state index is 13.1. The van der Waals surface area contributed by atoms with E-state index >= 15 is 0 Å². The Morgan fingerprint density at radius 1 is 1.03 bits per heavy atom. The number of hydrogen-bond donors (Lipinski definition) is 1. The normalized spacial score (nSPS) is 13.4. The molecular formula is C25H22N2O5S. The smallest absolute Gasteiger partial charge is 0.340 e. The summed E-state index contributed by atoms with van der Waals surface area (Å²) in [6, 6.07) is 18.1. The van der Waals surface area contributed by atoms with E-state index in [1.165, 1.54) is 10.4 Å². The van der Waals surface area contributed by atoms with Gasteiger partial charge in [-0.3, -0.25) is 9.10 Å². The third-order valence-electron chi connectivity index (χ3n) is 5.24. The summed E-state index contributed by atoms with van der Waals surface area (Å²) in [6.07, 6.45) is 1.52. The quantitative estimate of drug-likeness (QED) is 0.431. The summed E-state index contributed by atoms with van der Waals surface area (Å²) < 4.78 is 32.6. The van der Waals surface area contributed by atoms with E-state index in [1.807, 2.05) is 0 Å². The highest BCUT2D eigenvalue weighted by molar-refractivity contribution is 7.93. The van der Waals surface area contributed by atoms with Crippen LogP contribution in [0.25, 0.3) is 11.1 Å². The molecule has 4 rings (SSSR count). The molecule has 0 aliphatic carbocycles. The minimum absolute atomic E-state index is 0.0993. The number of amides is 1. The van der Waals surface area contributed by atoms with Crippen molar-refractivity contribution >= 4 is 33.3 Å². The highest BCUT2D eigenvalue weighted by Gasteiger charge is 2.34. The van der Waals surface area contributed by atoms with Crippen LogP contribution in [-0.4, -0.2) is 33.4 Å². The van der Waals surface area contributed by atoms with Gasteiger partial charge < -0.3 is 10.1 Å². The van der Waals surface area contributed by atoms with Crippen molar-refractivity contribution in [3.05, 3.63) is 90.5 Å². The molecule has 1 aliphatic rings. The second kappa shape index (κ2) is 8.91. The zero-order valence-corrected chi connectivity index (χ0v) is 18.8. The van der Waals surface area contributed by atoms with Crippen LogP contribution in [0.4, 0.5) is 11.4 Å². The van der Waals surface area contributed by atoms with Crippen LogP contribution in [0.3, 0.4) is 0 Å². The largest absolute Gasteiger partial charge is 0.462 e. The standard InChI is InChI=1S/C25H22N2O5S/c1-3-15-27-22-14-13-17(16-20(22)18-9-6-8-12-23(18)33(27,30)31)24(28)26-21-11-7-5-10-19(21)25(29)32-4-2/h3,5-14,16H,1,4,15H2,2H3,(H,26,28). The molecule has 0 bridgehead atoms. The molecule has 3 aromatic carbocycles. The number of para-hydroxylation sites is 1. The summed E-state index contributed by atoms with van der Waals surface area (Å²) in [5.74, 6) is -0.964. The minimum Gasteiger partial charge on any atom is -0.462 e. The van der Waals surface area contributed by atoms with Gasteiger partial charge in [0.05, 0.1) is 35.0 Å². The first-order chi connectivity index (χ1) is 15.9. The monoisotopic (exact) mass is 462 g/mol. The molecule has 168 valence electrons. The van der Waals surface area contributed by atoms with E-state index in [1.54, 1.807) is 73.7 Å². The lowest BCUT2D eigenvalue weighted by Gasteiger charge is -2.31. The van der Waals surface area contributed by atoms with Crippen molar-refractivity contribution in [1.82, 2.24) is 0 Å². The zero-order valence-electron chi connectivity index (χ0n) is 17.9. The van der Waals surface area contributed by atoms with E-state index < -0.39 is 21.9 Å². The van der Waals surface area contributed by atoms with E-state index in [-0.39, 0.29) is 23.6 Å². The summed E-state index contributed by atoms with van der Waals surface area (Å²) in [5, 5.41) is 2.76. The number of rotatable bonds is 6. The Hall–Kier alpha value is -3.91. The molecule has 0 aromatic heterocycles. The number of esters is 1. The number of nitrogens with zero attached hydrogens (tertiary/aromatic N) is 1. The Labute approximate surface area is 192 Å². The first-order valence-electron chi connectivity index (χ1n) is 10.3. The Morgan fingerprint density at radius 3 is 2.52 bits per heavy atom. The van der Waals surface area contributed by atoms with Crippen LogP contribution < -0.4 is 9.62 Å². The van der Waals surface area contributed by atoms with Crippen LogP contribution >= 0.6 is 0 Å². The predicted molar refractivity (Wildman–Crippen MR) is 127 cm³/mol. The molecule has 7 nitrogen and oxygen atoms in total. The van der Waals surface area contributed by atoms with Crippen molar-refractivity contribution in [2.24, 2.45) is 0 Å². The van der Waals surface area contributed by atoms with E-state index in [4.69, 9.17) is 4.74 Å². The van der Waals surface area contributed by atoms with Crippen molar-refractivity contribution in [2.45, 2.75) is 11.8 Å². The Kier molecular flexibility index (Phi) is 6.02. The van der Waals surface area contributed by atoms with E-state index in [0.717, 1.165) is 0 Å². The number of benzene rings is 3. The number of hydrogen-bond acceptors (Lipinski definition) is 5.